The number of likely N-dealkylation sites (tertiary alicyclic amines) is 1. The number of rotatable bonds is 6. The van der Waals surface area contributed by atoms with E-state index in [1.54, 1.807) is 11.0 Å². The molecule has 0 unspecified atom stereocenters. The molecule has 8 nitrogen and oxygen atoms in total. The lowest BCUT2D eigenvalue weighted by molar-refractivity contribution is -0.139. The SMILES string of the molecule is CCOc1ccc(S(=O)(=O)N2CCC(C(=O)N3CCC(C(N)=O)CC3)CC2)cc1Cl. The van der Waals surface area contributed by atoms with Crippen molar-refractivity contribution in [1.82, 2.24) is 9.21 Å². The first kappa shape index (κ1) is 22.8. The molecule has 2 heterocycles. The number of ether oxygens (including phenoxy) is 1. The molecular weight excluding hydrogens is 430 g/mol. The van der Waals surface area contributed by atoms with E-state index in [0.717, 1.165) is 0 Å². The van der Waals surface area contributed by atoms with E-state index >= 15 is 0 Å². The van der Waals surface area contributed by atoms with Crippen LogP contribution in [-0.4, -0.2) is 62.2 Å². The standard InChI is InChI=1S/C20H28ClN3O5S/c1-2-29-18-4-3-16(13-17(18)21)30(27,28)24-11-7-15(8-12-24)20(26)23-9-5-14(6-10-23)19(22)25/h3-4,13-15H,2,5-12H2,1H3,(H2,22,25). The highest BCUT2D eigenvalue weighted by atomic mass is 35.5. The van der Waals surface area contributed by atoms with Gasteiger partial charge in [0.05, 0.1) is 16.5 Å². The summed E-state index contributed by atoms with van der Waals surface area (Å²) in [5.74, 6) is -0.191. The van der Waals surface area contributed by atoms with Gasteiger partial charge in [0, 0.05) is 38.0 Å². The zero-order valence-corrected chi connectivity index (χ0v) is 18.6. The summed E-state index contributed by atoms with van der Waals surface area (Å²) in [5.41, 5.74) is 5.35. The van der Waals surface area contributed by atoms with Gasteiger partial charge in [-0.05, 0) is 50.8 Å². The Morgan fingerprint density at radius 1 is 1.10 bits per heavy atom. The predicted molar refractivity (Wildman–Crippen MR) is 113 cm³/mol. The number of piperidine rings is 2. The summed E-state index contributed by atoms with van der Waals surface area (Å²) in [6.07, 6.45) is 2.12. The predicted octanol–water partition coefficient (Wildman–Crippen LogP) is 1.86. The molecule has 2 aliphatic heterocycles. The summed E-state index contributed by atoms with van der Waals surface area (Å²) < 4.78 is 32.7. The van der Waals surface area contributed by atoms with Crippen LogP contribution in [0.3, 0.4) is 0 Å². The largest absolute Gasteiger partial charge is 0.492 e. The number of carbonyl (C=O) groups excluding carboxylic acids is 2. The fourth-order valence-corrected chi connectivity index (χ4v) is 5.85. The van der Waals surface area contributed by atoms with Crippen molar-refractivity contribution in [2.45, 2.75) is 37.5 Å². The Labute approximate surface area is 182 Å². The van der Waals surface area contributed by atoms with Gasteiger partial charge in [0.1, 0.15) is 5.75 Å². The summed E-state index contributed by atoms with van der Waals surface area (Å²) >= 11 is 6.15. The van der Waals surface area contributed by atoms with Crippen LogP contribution in [0.5, 0.6) is 5.75 Å². The number of hydrogen-bond donors (Lipinski definition) is 1. The van der Waals surface area contributed by atoms with Crippen LogP contribution in [-0.2, 0) is 19.6 Å². The molecule has 10 heteroatoms. The lowest BCUT2D eigenvalue weighted by atomic mass is 9.92. The molecule has 0 aromatic heterocycles. The number of hydrogen-bond acceptors (Lipinski definition) is 5. The van der Waals surface area contributed by atoms with Crippen LogP contribution in [0.25, 0.3) is 0 Å². The Balaban J connectivity index is 1.59. The van der Waals surface area contributed by atoms with Gasteiger partial charge in [-0.25, -0.2) is 8.42 Å². The summed E-state index contributed by atoms with van der Waals surface area (Å²) in [4.78, 5) is 26.0. The molecule has 2 fully saturated rings. The highest BCUT2D eigenvalue weighted by Gasteiger charge is 2.35. The van der Waals surface area contributed by atoms with Gasteiger partial charge in [0.2, 0.25) is 21.8 Å². The van der Waals surface area contributed by atoms with Crippen LogP contribution in [0.1, 0.15) is 32.6 Å². The summed E-state index contributed by atoms with van der Waals surface area (Å²) in [6, 6.07) is 4.46. The molecule has 0 atom stereocenters. The first-order chi connectivity index (χ1) is 14.2. The number of amides is 2. The third kappa shape index (κ3) is 4.90. The Morgan fingerprint density at radius 2 is 1.70 bits per heavy atom. The Kier molecular flexibility index (Phi) is 7.26. The molecule has 3 rings (SSSR count). The zero-order valence-electron chi connectivity index (χ0n) is 17.0. The molecule has 2 amide bonds. The Hall–Kier alpha value is -1.84. The lowest BCUT2D eigenvalue weighted by Gasteiger charge is -2.36. The van der Waals surface area contributed by atoms with Crippen molar-refractivity contribution in [3.05, 3.63) is 23.2 Å². The second-order valence-electron chi connectivity index (χ2n) is 7.71. The lowest BCUT2D eigenvalue weighted by Crippen LogP contribution is -2.47. The molecule has 1 aromatic carbocycles. The average molecular weight is 458 g/mol. The van der Waals surface area contributed by atoms with Crippen molar-refractivity contribution in [3.8, 4) is 5.75 Å². The van der Waals surface area contributed by atoms with Gasteiger partial charge in [-0.1, -0.05) is 11.6 Å². The molecule has 2 saturated heterocycles. The van der Waals surface area contributed by atoms with Crippen LogP contribution < -0.4 is 10.5 Å². The minimum absolute atomic E-state index is 0.0408. The number of nitrogens with zero attached hydrogens (tertiary/aromatic N) is 2. The summed E-state index contributed by atoms with van der Waals surface area (Å²) in [6.45, 7) is 3.87. The normalized spacial score (nSPS) is 19.6. The van der Waals surface area contributed by atoms with Crippen LogP contribution in [0.4, 0.5) is 0 Å². The summed E-state index contributed by atoms with van der Waals surface area (Å²) in [5, 5.41) is 0.252. The number of sulfonamides is 1. The van der Waals surface area contributed by atoms with Crippen molar-refractivity contribution < 1.29 is 22.7 Å². The molecular formula is C20H28ClN3O5S. The monoisotopic (exact) mass is 457 g/mol. The maximum Gasteiger partial charge on any atom is 0.243 e. The van der Waals surface area contributed by atoms with Crippen molar-refractivity contribution >= 4 is 33.4 Å². The van der Waals surface area contributed by atoms with Crippen LogP contribution in [0, 0.1) is 11.8 Å². The molecule has 0 bridgehead atoms. The molecule has 166 valence electrons. The van der Waals surface area contributed by atoms with E-state index in [2.05, 4.69) is 0 Å². The fourth-order valence-electron chi connectivity index (χ4n) is 4.05. The van der Waals surface area contributed by atoms with Crippen LogP contribution in [0.2, 0.25) is 5.02 Å². The molecule has 0 saturated carbocycles. The second kappa shape index (κ2) is 9.53. The van der Waals surface area contributed by atoms with Crippen molar-refractivity contribution in [1.29, 1.82) is 0 Å². The van der Waals surface area contributed by atoms with E-state index in [-0.39, 0.29) is 46.7 Å². The average Bonchev–Trinajstić information content (AvgIpc) is 2.75. The van der Waals surface area contributed by atoms with E-state index in [1.165, 1.54) is 16.4 Å². The van der Waals surface area contributed by atoms with E-state index in [9.17, 15) is 18.0 Å². The molecule has 30 heavy (non-hydrogen) atoms. The molecule has 2 N–H and O–H groups in total. The number of benzene rings is 1. The molecule has 0 radical (unpaired) electrons. The minimum Gasteiger partial charge on any atom is -0.492 e. The van der Waals surface area contributed by atoms with Crippen molar-refractivity contribution in [2.24, 2.45) is 17.6 Å². The van der Waals surface area contributed by atoms with Crippen LogP contribution in [0.15, 0.2) is 23.1 Å². The Morgan fingerprint density at radius 3 is 2.23 bits per heavy atom. The van der Waals surface area contributed by atoms with Gasteiger partial charge in [-0.15, -0.1) is 0 Å². The fraction of sp³-hybridized carbons (Fsp3) is 0.600. The van der Waals surface area contributed by atoms with Crippen LogP contribution >= 0.6 is 11.6 Å². The van der Waals surface area contributed by atoms with E-state index in [0.29, 0.717) is 51.1 Å². The maximum absolute atomic E-state index is 13.0. The maximum atomic E-state index is 13.0. The Bertz CT molecular complexity index is 892. The van der Waals surface area contributed by atoms with E-state index < -0.39 is 10.0 Å². The van der Waals surface area contributed by atoms with Gasteiger partial charge < -0.3 is 15.4 Å². The second-order valence-corrected chi connectivity index (χ2v) is 10.1. The van der Waals surface area contributed by atoms with Gasteiger partial charge in [-0.3, -0.25) is 9.59 Å². The van der Waals surface area contributed by atoms with Crippen molar-refractivity contribution in [3.63, 3.8) is 0 Å². The number of halogens is 1. The van der Waals surface area contributed by atoms with E-state index in [1.807, 2.05) is 6.92 Å². The van der Waals surface area contributed by atoms with E-state index in [4.69, 9.17) is 22.1 Å². The third-order valence-electron chi connectivity index (χ3n) is 5.85. The smallest absolute Gasteiger partial charge is 0.243 e. The number of primary amides is 1. The highest BCUT2D eigenvalue weighted by Crippen LogP contribution is 2.31. The first-order valence-corrected chi connectivity index (χ1v) is 12.1. The molecule has 0 spiro atoms. The highest BCUT2D eigenvalue weighted by molar-refractivity contribution is 7.89. The molecule has 0 aliphatic carbocycles. The van der Waals surface area contributed by atoms with Gasteiger partial charge in [0.25, 0.3) is 0 Å². The number of carbonyl (C=O) groups is 2. The minimum atomic E-state index is -3.69. The topological polar surface area (TPSA) is 110 Å². The third-order valence-corrected chi connectivity index (χ3v) is 8.04. The quantitative estimate of drug-likeness (QED) is 0.701. The molecule has 1 aromatic rings. The summed E-state index contributed by atoms with van der Waals surface area (Å²) in [7, 11) is -3.69. The van der Waals surface area contributed by atoms with Gasteiger partial charge in [-0.2, -0.15) is 4.31 Å². The number of nitrogens with two attached hydrogens (primary N) is 1. The zero-order chi connectivity index (χ0) is 21.9. The first-order valence-electron chi connectivity index (χ1n) is 10.2. The van der Waals surface area contributed by atoms with Crippen molar-refractivity contribution in [2.75, 3.05) is 32.8 Å². The van der Waals surface area contributed by atoms with Gasteiger partial charge >= 0.3 is 0 Å². The van der Waals surface area contributed by atoms with Gasteiger partial charge in [0.15, 0.2) is 0 Å². The molecule has 2 aliphatic rings.